The Labute approximate surface area is 169 Å². The van der Waals surface area contributed by atoms with E-state index in [9.17, 15) is 22.4 Å². The molecule has 4 rings (SSSR count). The van der Waals surface area contributed by atoms with Crippen molar-refractivity contribution in [2.45, 2.75) is 31.9 Å². The van der Waals surface area contributed by atoms with Crippen molar-refractivity contribution in [2.24, 2.45) is 0 Å². The molecule has 0 bridgehead atoms. The number of halogens is 5. The summed E-state index contributed by atoms with van der Waals surface area (Å²) in [7, 11) is 1.68. The number of anilines is 1. The average molecular weight is 426 g/mol. The number of hydrogen-bond donors (Lipinski definition) is 0. The Morgan fingerprint density at radius 1 is 1.10 bits per heavy atom. The van der Waals surface area contributed by atoms with Gasteiger partial charge in [0, 0.05) is 18.2 Å². The summed E-state index contributed by atoms with van der Waals surface area (Å²) in [5.74, 6) is -1.63. The smallest absolute Gasteiger partial charge is 0.416 e. The van der Waals surface area contributed by atoms with Crippen LogP contribution in [-0.4, -0.2) is 13.0 Å². The summed E-state index contributed by atoms with van der Waals surface area (Å²) in [5, 5.41) is -0.486. The average Bonchev–Trinajstić information content (AvgIpc) is 3.25. The predicted molar refractivity (Wildman–Crippen MR) is 102 cm³/mol. The van der Waals surface area contributed by atoms with Gasteiger partial charge in [-0.3, -0.25) is 4.79 Å². The Kier molecular flexibility index (Phi) is 4.81. The number of likely N-dealkylation sites (N-methyl/N-ethyl adjacent to an activating group) is 1. The van der Waals surface area contributed by atoms with Gasteiger partial charge in [-0.1, -0.05) is 17.2 Å². The zero-order valence-electron chi connectivity index (χ0n) is 15.4. The van der Waals surface area contributed by atoms with Gasteiger partial charge in [-0.15, -0.1) is 0 Å². The predicted octanol–water partition coefficient (Wildman–Crippen LogP) is 6.59. The van der Waals surface area contributed by atoms with Crippen LogP contribution >= 0.6 is 11.6 Å². The molecular weight excluding hydrogens is 410 g/mol. The zero-order valence-corrected chi connectivity index (χ0v) is 16.1. The second-order valence-electron chi connectivity index (χ2n) is 7.10. The highest BCUT2D eigenvalue weighted by Gasteiger charge is 2.34. The third-order valence-corrected chi connectivity index (χ3v) is 5.50. The number of alkyl halides is 3. The van der Waals surface area contributed by atoms with Crippen LogP contribution in [0, 0.1) is 5.82 Å². The Balaban J connectivity index is 1.73. The Hall–Kier alpha value is -2.54. The summed E-state index contributed by atoms with van der Waals surface area (Å²) in [6, 6.07) is 5.76. The SMILES string of the molecule is CN1C(=O)C(=C2CCCC2)c2cc(Oc3c(F)cc(C(F)(F)F)cc3Cl)ccc21. The molecule has 1 amide bonds. The minimum atomic E-state index is -4.72. The van der Waals surface area contributed by atoms with Crippen LogP contribution < -0.4 is 9.64 Å². The van der Waals surface area contributed by atoms with E-state index in [2.05, 4.69) is 0 Å². The number of nitrogens with zero attached hydrogens (tertiary/aromatic N) is 1. The lowest BCUT2D eigenvalue weighted by atomic mass is 10.00. The zero-order chi connectivity index (χ0) is 20.9. The largest absolute Gasteiger partial charge is 0.453 e. The maximum absolute atomic E-state index is 14.3. The number of fused-ring (bicyclic) bond motifs is 1. The molecule has 0 radical (unpaired) electrons. The lowest BCUT2D eigenvalue weighted by molar-refractivity contribution is -0.137. The van der Waals surface area contributed by atoms with Gasteiger partial charge in [0.25, 0.3) is 5.91 Å². The van der Waals surface area contributed by atoms with Gasteiger partial charge in [0.2, 0.25) is 0 Å². The van der Waals surface area contributed by atoms with Crippen LogP contribution in [0.15, 0.2) is 35.9 Å². The molecule has 1 heterocycles. The van der Waals surface area contributed by atoms with E-state index in [0.29, 0.717) is 29.0 Å². The number of rotatable bonds is 2. The standard InChI is InChI=1S/C21H16ClF4NO2/c1-27-17-7-6-13(10-14(17)18(20(27)28)11-4-2-3-5-11)29-19-15(22)8-12(9-16(19)23)21(24,25)26/h6-10H,2-5H2,1H3. The summed E-state index contributed by atoms with van der Waals surface area (Å²) >= 11 is 5.85. The van der Waals surface area contributed by atoms with Crippen LogP contribution in [0.3, 0.4) is 0 Å². The van der Waals surface area contributed by atoms with E-state index in [0.717, 1.165) is 31.3 Å². The molecule has 0 spiro atoms. The van der Waals surface area contributed by atoms with E-state index in [1.54, 1.807) is 24.1 Å². The lowest BCUT2D eigenvalue weighted by Gasteiger charge is -2.14. The van der Waals surface area contributed by atoms with E-state index in [1.165, 1.54) is 6.07 Å². The van der Waals surface area contributed by atoms with Crippen LogP contribution in [0.5, 0.6) is 11.5 Å². The van der Waals surface area contributed by atoms with E-state index >= 15 is 0 Å². The molecule has 1 fully saturated rings. The number of hydrogen-bond acceptors (Lipinski definition) is 2. The molecule has 2 aromatic rings. The summed E-state index contributed by atoms with van der Waals surface area (Å²) in [6.07, 6.45) is -0.983. The van der Waals surface area contributed by atoms with Crippen LogP contribution in [-0.2, 0) is 11.0 Å². The van der Waals surface area contributed by atoms with Gasteiger partial charge < -0.3 is 9.64 Å². The second kappa shape index (κ2) is 7.06. The molecule has 1 aliphatic heterocycles. The highest BCUT2D eigenvalue weighted by molar-refractivity contribution is 6.33. The van der Waals surface area contributed by atoms with Crippen LogP contribution in [0.2, 0.25) is 5.02 Å². The fourth-order valence-corrected chi connectivity index (χ4v) is 4.04. The number of ether oxygens (including phenoxy) is 1. The molecule has 0 N–H and O–H groups in total. The molecule has 1 aliphatic carbocycles. The minimum Gasteiger partial charge on any atom is -0.453 e. The summed E-state index contributed by atoms with van der Waals surface area (Å²) in [5.41, 5.74) is 1.90. The highest BCUT2D eigenvalue weighted by Crippen LogP contribution is 2.45. The second-order valence-corrected chi connectivity index (χ2v) is 7.50. The van der Waals surface area contributed by atoms with E-state index in [4.69, 9.17) is 16.3 Å². The van der Waals surface area contributed by atoms with Crippen molar-refractivity contribution in [3.63, 3.8) is 0 Å². The molecule has 1 saturated carbocycles. The Bertz CT molecular complexity index is 1010. The Morgan fingerprint density at radius 2 is 1.79 bits per heavy atom. The van der Waals surface area contributed by atoms with Crippen molar-refractivity contribution >= 4 is 28.8 Å². The van der Waals surface area contributed by atoms with Crippen molar-refractivity contribution in [3.8, 4) is 11.5 Å². The molecule has 8 heteroatoms. The molecule has 3 nitrogen and oxygen atoms in total. The quantitative estimate of drug-likeness (QED) is 0.401. The fraction of sp³-hybridized carbons (Fsp3) is 0.286. The van der Waals surface area contributed by atoms with Crippen LogP contribution in [0.4, 0.5) is 23.2 Å². The van der Waals surface area contributed by atoms with Gasteiger partial charge in [-0.05, 0) is 56.0 Å². The third kappa shape index (κ3) is 3.48. The van der Waals surface area contributed by atoms with Gasteiger partial charge in [0.05, 0.1) is 16.3 Å². The molecule has 0 saturated heterocycles. The number of amides is 1. The first-order chi connectivity index (χ1) is 13.7. The first-order valence-electron chi connectivity index (χ1n) is 9.05. The van der Waals surface area contributed by atoms with E-state index in [-0.39, 0.29) is 11.7 Å². The monoisotopic (exact) mass is 425 g/mol. The summed E-state index contributed by atoms with van der Waals surface area (Å²) < 4.78 is 58.2. The van der Waals surface area contributed by atoms with Gasteiger partial charge in [-0.25, -0.2) is 4.39 Å². The minimum absolute atomic E-state index is 0.104. The fourth-order valence-electron chi connectivity index (χ4n) is 3.80. The van der Waals surface area contributed by atoms with E-state index in [1.807, 2.05) is 0 Å². The van der Waals surface area contributed by atoms with Crippen molar-refractivity contribution in [3.05, 3.63) is 57.9 Å². The Morgan fingerprint density at radius 3 is 2.41 bits per heavy atom. The summed E-state index contributed by atoms with van der Waals surface area (Å²) in [4.78, 5) is 14.2. The number of benzene rings is 2. The van der Waals surface area contributed by atoms with Crippen molar-refractivity contribution in [1.82, 2.24) is 0 Å². The maximum Gasteiger partial charge on any atom is 0.416 e. The first-order valence-corrected chi connectivity index (χ1v) is 9.43. The molecule has 2 aliphatic rings. The van der Waals surface area contributed by atoms with Gasteiger partial charge >= 0.3 is 6.18 Å². The topological polar surface area (TPSA) is 29.5 Å². The summed E-state index contributed by atoms with van der Waals surface area (Å²) in [6.45, 7) is 0. The molecule has 0 atom stereocenters. The van der Waals surface area contributed by atoms with Gasteiger partial charge in [0.15, 0.2) is 11.6 Å². The van der Waals surface area contributed by atoms with Gasteiger partial charge in [0.1, 0.15) is 5.75 Å². The molecular formula is C21H16ClF4NO2. The van der Waals surface area contributed by atoms with Crippen LogP contribution in [0.25, 0.3) is 5.57 Å². The van der Waals surface area contributed by atoms with Crippen molar-refractivity contribution in [1.29, 1.82) is 0 Å². The molecule has 152 valence electrons. The highest BCUT2D eigenvalue weighted by atomic mass is 35.5. The number of carbonyl (C=O) groups excluding carboxylic acids is 1. The lowest BCUT2D eigenvalue weighted by Crippen LogP contribution is -2.20. The van der Waals surface area contributed by atoms with E-state index < -0.39 is 28.3 Å². The molecule has 29 heavy (non-hydrogen) atoms. The van der Waals surface area contributed by atoms with Crippen molar-refractivity contribution < 1.29 is 27.1 Å². The first kappa shape index (κ1) is 19.8. The van der Waals surface area contributed by atoms with Crippen molar-refractivity contribution in [2.75, 3.05) is 11.9 Å². The molecule has 2 aromatic carbocycles. The third-order valence-electron chi connectivity index (χ3n) is 5.22. The van der Waals surface area contributed by atoms with Crippen LogP contribution in [0.1, 0.15) is 36.8 Å². The number of allylic oxidation sites excluding steroid dienone is 1. The molecule has 0 unspecified atom stereocenters. The number of carbonyl (C=O) groups is 1. The van der Waals surface area contributed by atoms with Gasteiger partial charge in [-0.2, -0.15) is 13.2 Å². The normalized spacial score (nSPS) is 16.6. The maximum atomic E-state index is 14.3. The molecule has 0 aromatic heterocycles.